The number of aromatic nitrogens is 5. The molecule has 1 atom stereocenters. The number of aromatic hydroxyl groups is 1. The highest BCUT2D eigenvalue weighted by Crippen LogP contribution is 2.27. The van der Waals surface area contributed by atoms with Gasteiger partial charge >= 0.3 is 0 Å². The zero-order valence-corrected chi connectivity index (χ0v) is 19.1. The Morgan fingerprint density at radius 2 is 1.97 bits per heavy atom. The topological polar surface area (TPSA) is 107 Å². The average Bonchev–Trinajstić information content (AvgIpc) is 3.41. The maximum Gasteiger partial charge on any atom is 0.270 e. The van der Waals surface area contributed by atoms with Gasteiger partial charge in [0, 0.05) is 11.8 Å². The molecule has 0 fully saturated rings. The number of nitrogens with zero attached hydrogens (tertiary/aromatic N) is 5. The smallest absolute Gasteiger partial charge is 0.270 e. The molecule has 0 amide bonds. The number of aryl methyl sites for hydroxylation is 2. The molecule has 0 bridgehead atoms. The third-order valence-corrected chi connectivity index (χ3v) is 6.09. The largest absolute Gasteiger partial charge is 0.493 e. The van der Waals surface area contributed by atoms with Gasteiger partial charge in [0.1, 0.15) is 5.82 Å². The van der Waals surface area contributed by atoms with Crippen LogP contribution in [-0.2, 0) is 12.8 Å². The first kappa shape index (κ1) is 21.9. The highest BCUT2D eigenvalue weighted by Gasteiger charge is 2.25. The Bertz CT molecular complexity index is 1260. The van der Waals surface area contributed by atoms with E-state index < -0.39 is 11.4 Å². The Balaban J connectivity index is 1.77. The van der Waals surface area contributed by atoms with E-state index in [1.54, 1.807) is 4.57 Å². The van der Waals surface area contributed by atoms with Crippen LogP contribution in [0.1, 0.15) is 60.7 Å². The van der Waals surface area contributed by atoms with E-state index in [1.165, 1.54) is 11.3 Å². The van der Waals surface area contributed by atoms with Crippen molar-refractivity contribution in [1.29, 1.82) is 0 Å². The summed E-state index contributed by atoms with van der Waals surface area (Å²) in [5.41, 5.74) is 1.30. The summed E-state index contributed by atoms with van der Waals surface area (Å²) >= 11 is 1.54. The summed E-state index contributed by atoms with van der Waals surface area (Å²) in [5, 5.41) is 21.6. The van der Waals surface area contributed by atoms with E-state index >= 15 is 0 Å². The maximum absolute atomic E-state index is 13.6. The Hall–Kier alpha value is -3.33. The van der Waals surface area contributed by atoms with E-state index in [-0.39, 0.29) is 17.5 Å². The molecule has 4 aromatic rings. The highest BCUT2D eigenvalue weighted by molar-refractivity contribution is 7.09. The molecule has 0 saturated heterocycles. The normalized spacial score (nSPS) is 12.2. The summed E-state index contributed by atoms with van der Waals surface area (Å²) in [5.74, 6) is 0.421. The molecule has 0 saturated carbocycles. The van der Waals surface area contributed by atoms with Gasteiger partial charge in [0.25, 0.3) is 11.4 Å². The molecule has 32 heavy (non-hydrogen) atoms. The predicted octanol–water partition coefficient (Wildman–Crippen LogP) is 4.31. The highest BCUT2D eigenvalue weighted by atomic mass is 32.1. The van der Waals surface area contributed by atoms with Gasteiger partial charge in [0.05, 0.1) is 23.2 Å². The van der Waals surface area contributed by atoms with Gasteiger partial charge in [-0.2, -0.15) is 4.98 Å². The van der Waals surface area contributed by atoms with Gasteiger partial charge in [-0.3, -0.25) is 9.36 Å². The molecule has 0 aliphatic rings. The van der Waals surface area contributed by atoms with E-state index in [2.05, 4.69) is 27.1 Å². The molecule has 0 aliphatic heterocycles. The van der Waals surface area contributed by atoms with Gasteiger partial charge in [-0.15, -0.1) is 21.5 Å². The van der Waals surface area contributed by atoms with Gasteiger partial charge in [0.2, 0.25) is 11.8 Å². The lowest BCUT2D eigenvalue weighted by atomic mass is 10.1. The van der Waals surface area contributed by atoms with E-state index in [1.807, 2.05) is 49.6 Å². The molecule has 166 valence electrons. The Morgan fingerprint density at radius 1 is 1.19 bits per heavy atom. The molecule has 3 heterocycles. The first-order chi connectivity index (χ1) is 15.5. The zero-order valence-electron chi connectivity index (χ0n) is 18.3. The van der Waals surface area contributed by atoms with Crippen molar-refractivity contribution in [2.75, 3.05) is 0 Å². The average molecular weight is 452 g/mol. The van der Waals surface area contributed by atoms with Crippen molar-refractivity contribution in [3.05, 3.63) is 74.0 Å². The molecule has 4 rings (SSSR count). The molecule has 8 nitrogen and oxygen atoms in total. The van der Waals surface area contributed by atoms with Crippen molar-refractivity contribution in [3.63, 3.8) is 0 Å². The van der Waals surface area contributed by atoms with Crippen molar-refractivity contribution in [1.82, 2.24) is 24.7 Å². The number of unbranched alkanes of at least 4 members (excludes halogenated alkanes) is 1. The van der Waals surface area contributed by atoms with Gasteiger partial charge in [-0.25, -0.2) is 4.98 Å². The molecular formula is C23H25N5O3S. The molecular weight excluding hydrogens is 426 g/mol. The monoisotopic (exact) mass is 451 g/mol. The van der Waals surface area contributed by atoms with Crippen molar-refractivity contribution in [3.8, 4) is 17.3 Å². The summed E-state index contributed by atoms with van der Waals surface area (Å²) in [7, 11) is 0. The molecule has 0 radical (unpaired) electrons. The molecule has 0 aliphatic carbocycles. The minimum absolute atomic E-state index is 0.0435. The fourth-order valence-corrected chi connectivity index (χ4v) is 4.23. The van der Waals surface area contributed by atoms with Crippen LogP contribution in [0.4, 0.5) is 0 Å². The van der Waals surface area contributed by atoms with Crippen LogP contribution in [0.15, 0.2) is 44.9 Å². The second kappa shape index (κ2) is 9.44. The number of thiazole rings is 1. The van der Waals surface area contributed by atoms with Crippen LogP contribution in [0.3, 0.4) is 0 Å². The lowest BCUT2D eigenvalue weighted by molar-refractivity contribution is 0.431. The molecule has 3 aromatic heterocycles. The molecule has 1 unspecified atom stereocenters. The van der Waals surface area contributed by atoms with Gasteiger partial charge in [0.15, 0.2) is 5.56 Å². The lowest BCUT2D eigenvalue weighted by Gasteiger charge is -2.20. The van der Waals surface area contributed by atoms with Crippen LogP contribution >= 0.6 is 11.3 Å². The maximum atomic E-state index is 13.6. The Morgan fingerprint density at radius 3 is 2.66 bits per heavy atom. The quantitative estimate of drug-likeness (QED) is 0.425. The second-order valence-electron chi connectivity index (χ2n) is 7.63. The zero-order chi connectivity index (χ0) is 22.7. The summed E-state index contributed by atoms with van der Waals surface area (Å²) in [6.07, 6.45) is 2.73. The fraction of sp³-hybridized carbons (Fsp3) is 0.348. The molecule has 1 N–H and O–H groups in total. The van der Waals surface area contributed by atoms with E-state index in [0.717, 1.165) is 29.1 Å². The standard InChI is InChI=1S/C23H25N5O3S/c1-4-5-11-18-25-21(29)20(23(30)28(18)14(2)16-9-7-6-8-10-16)22-27-26-19(31-22)12-17-13-32-15(3)24-17/h6-10,13-14,29H,4-5,11-12H2,1-3H3. The summed E-state index contributed by atoms with van der Waals surface area (Å²) in [6, 6.07) is 9.45. The number of rotatable bonds is 8. The first-order valence-electron chi connectivity index (χ1n) is 10.6. The van der Waals surface area contributed by atoms with Crippen molar-refractivity contribution < 1.29 is 9.52 Å². The van der Waals surface area contributed by atoms with Crippen molar-refractivity contribution in [2.45, 2.75) is 52.5 Å². The van der Waals surface area contributed by atoms with Crippen LogP contribution in [0, 0.1) is 6.92 Å². The van der Waals surface area contributed by atoms with Gasteiger partial charge < -0.3 is 9.52 Å². The van der Waals surface area contributed by atoms with E-state index in [0.29, 0.717) is 24.6 Å². The summed E-state index contributed by atoms with van der Waals surface area (Å²) < 4.78 is 7.35. The Kier molecular flexibility index (Phi) is 6.45. The summed E-state index contributed by atoms with van der Waals surface area (Å²) in [4.78, 5) is 22.4. The second-order valence-corrected chi connectivity index (χ2v) is 8.69. The lowest BCUT2D eigenvalue weighted by Crippen LogP contribution is -2.30. The van der Waals surface area contributed by atoms with Gasteiger partial charge in [-0.1, -0.05) is 43.7 Å². The van der Waals surface area contributed by atoms with E-state index in [9.17, 15) is 9.90 Å². The Labute approximate surface area is 189 Å². The minimum atomic E-state index is -0.403. The number of benzene rings is 1. The first-order valence-corrected chi connectivity index (χ1v) is 11.5. The minimum Gasteiger partial charge on any atom is -0.493 e. The van der Waals surface area contributed by atoms with Crippen LogP contribution in [0.2, 0.25) is 0 Å². The fourth-order valence-electron chi connectivity index (χ4n) is 3.61. The van der Waals surface area contributed by atoms with Crippen LogP contribution in [0.25, 0.3) is 11.5 Å². The molecule has 0 spiro atoms. The van der Waals surface area contributed by atoms with Crippen LogP contribution in [-0.4, -0.2) is 29.8 Å². The predicted molar refractivity (Wildman–Crippen MR) is 122 cm³/mol. The van der Waals surface area contributed by atoms with Gasteiger partial charge in [-0.05, 0) is 25.8 Å². The molecule has 1 aromatic carbocycles. The van der Waals surface area contributed by atoms with Crippen LogP contribution < -0.4 is 5.56 Å². The molecule has 9 heteroatoms. The third-order valence-electron chi connectivity index (χ3n) is 5.27. The summed E-state index contributed by atoms with van der Waals surface area (Å²) in [6.45, 7) is 5.94. The SMILES string of the molecule is CCCCc1nc(O)c(-c2nnc(Cc3csc(C)n3)o2)c(=O)n1C(C)c1ccccc1. The number of hydrogen-bond donors (Lipinski definition) is 1. The van der Waals surface area contributed by atoms with Crippen LogP contribution in [0.5, 0.6) is 5.88 Å². The van der Waals surface area contributed by atoms with Crippen molar-refractivity contribution in [2.24, 2.45) is 0 Å². The third kappa shape index (κ3) is 4.47. The van der Waals surface area contributed by atoms with Crippen molar-refractivity contribution >= 4 is 11.3 Å². The van der Waals surface area contributed by atoms with E-state index in [4.69, 9.17) is 4.42 Å². The number of hydrogen-bond acceptors (Lipinski definition) is 8.